The van der Waals surface area contributed by atoms with Crippen LogP contribution in [0.4, 0.5) is 0 Å². The molecule has 2 rings (SSSR count). The number of hydrogen-bond donors (Lipinski definition) is 0. The van der Waals surface area contributed by atoms with Crippen LogP contribution in [0, 0.1) is 18.3 Å². The van der Waals surface area contributed by atoms with Crippen molar-refractivity contribution in [2.75, 3.05) is 7.11 Å². The van der Waals surface area contributed by atoms with Crippen LogP contribution in [0.1, 0.15) is 37.7 Å². The van der Waals surface area contributed by atoms with Crippen molar-refractivity contribution in [3.05, 3.63) is 52.3 Å². The maximum Gasteiger partial charge on any atom is 0.339 e. The molecule has 0 fully saturated rings. The number of carbonyl (C=O) groups is 2. The summed E-state index contributed by atoms with van der Waals surface area (Å²) >= 11 is 0. The van der Waals surface area contributed by atoms with Crippen LogP contribution in [0.3, 0.4) is 0 Å². The van der Waals surface area contributed by atoms with E-state index >= 15 is 0 Å². The predicted octanol–water partition coefficient (Wildman–Crippen LogP) is 1.71. The highest BCUT2D eigenvalue weighted by Crippen LogP contribution is 2.17. The highest BCUT2D eigenvalue weighted by atomic mass is 16.5. The van der Waals surface area contributed by atoms with E-state index < -0.39 is 5.97 Å². The molecule has 6 heteroatoms. The van der Waals surface area contributed by atoms with Crippen molar-refractivity contribution in [3.8, 4) is 6.07 Å². The third-order valence-corrected chi connectivity index (χ3v) is 3.11. The van der Waals surface area contributed by atoms with Crippen LogP contribution in [0.25, 0.3) is 0 Å². The van der Waals surface area contributed by atoms with Gasteiger partial charge < -0.3 is 4.74 Å². The molecule has 21 heavy (non-hydrogen) atoms. The normalized spacial score (nSPS) is 9.95. The molecule has 0 N–H and O–H groups in total. The third kappa shape index (κ3) is 2.82. The zero-order valence-corrected chi connectivity index (χ0v) is 11.7. The van der Waals surface area contributed by atoms with E-state index in [4.69, 9.17) is 0 Å². The molecule has 6 nitrogen and oxygen atoms in total. The molecule has 1 heterocycles. The zero-order chi connectivity index (χ0) is 15.4. The third-order valence-electron chi connectivity index (χ3n) is 3.11. The molecule has 1 aromatic carbocycles. The monoisotopic (exact) mass is 283 g/mol. The number of methoxy groups -OCH3 is 1. The van der Waals surface area contributed by atoms with Gasteiger partial charge in [0.05, 0.1) is 24.8 Å². The lowest BCUT2D eigenvalue weighted by Gasteiger charge is -2.09. The van der Waals surface area contributed by atoms with Crippen LogP contribution in [-0.2, 0) is 11.3 Å². The van der Waals surface area contributed by atoms with Gasteiger partial charge in [-0.15, -0.1) is 0 Å². The fourth-order valence-electron chi connectivity index (χ4n) is 2.06. The summed E-state index contributed by atoms with van der Waals surface area (Å²) in [5.41, 5.74) is 2.24. The first-order valence-electron chi connectivity index (χ1n) is 6.20. The van der Waals surface area contributed by atoms with E-state index in [1.807, 2.05) is 13.0 Å². The topological polar surface area (TPSA) is 85.0 Å². The molecule has 0 saturated carbocycles. The average molecular weight is 283 g/mol. The summed E-state index contributed by atoms with van der Waals surface area (Å²) in [6.07, 6.45) is 0.666. The Hall–Kier alpha value is -2.94. The second-order valence-corrected chi connectivity index (χ2v) is 4.43. The minimum atomic E-state index is -0.556. The number of aromatic nitrogens is 2. The highest BCUT2D eigenvalue weighted by Gasteiger charge is 2.16. The molecular formula is C15H13N3O3. The number of esters is 1. The molecule has 0 radical (unpaired) electrons. The van der Waals surface area contributed by atoms with Gasteiger partial charge in [0, 0.05) is 5.69 Å². The number of nitrogens with zero attached hydrogens (tertiary/aromatic N) is 3. The van der Waals surface area contributed by atoms with Crippen molar-refractivity contribution >= 4 is 12.3 Å². The number of rotatable bonds is 4. The van der Waals surface area contributed by atoms with Crippen molar-refractivity contribution in [1.82, 2.24) is 9.78 Å². The molecule has 0 aliphatic heterocycles. The molecule has 0 unspecified atom stereocenters. The molecule has 0 amide bonds. The molecule has 1 aromatic heterocycles. The van der Waals surface area contributed by atoms with Crippen LogP contribution in [0.5, 0.6) is 0 Å². The van der Waals surface area contributed by atoms with Crippen LogP contribution < -0.4 is 0 Å². The number of carbonyl (C=O) groups excluding carboxylic acids is 2. The molecule has 0 bridgehead atoms. The van der Waals surface area contributed by atoms with Gasteiger partial charge in [0.1, 0.15) is 11.8 Å². The van der Waals surface area contributed by atoms with Crippen LogP contribution in [-0.4, -0.2) is 29.1 Å². The Morgan fingerprint density at radius 2 is 2.29 bits per heavy atom. The van der Waals surface area contributed by atoms with Crippen molar-refractivity contribution in [2.45, 2.75) is 13.5 Å². The van der Waals surface area contributed by atoms with Gasteiger partial charge in [-0.05, 0) is 24.6 Å². The number of benzene rings is 1. The van der Waals surface area contributed by atoms with Crippen LogP contribution in [0.15, 0.2) is 24.3 Å². The van der Waals surface area contributed by atoms with Gasteiger partial charge in [-0.2, -0.15) is 10.4 Å². The van der Waals surface area contributed by atoms with E-state index in [0.717, 1.165) is 5.69 Å². The second kappa shape index (κ2) is 6.01. The van der Waals surface area contributed by atoms with E-state index in [9.17, 15) is 14.9 Å². The van der Waals surface area contributed by atoms with Gasteiger partial charge in [0.2, 0.25) is 0 Å². The average Bonchev–Trinajstić information content (AvgIpc) is 2.86. The van der Waals surface area contributed by atoms with E-state index in [0.29, 0.717) is 24.1 Å². The predicted molar refractivity (Wildman–Crippen MR) is 74.0 cm³/mol. The lowest BCUT2D eigenvalue weighted by Crippen LogP contribution is -2.10. The van der Waals surface area contributed by atoms with E-state index in [1.165, 1.54) is 7.11 Å². The highest BCUT2D eigenvalue weighted by molar-refractivity contribution is 5.92. The summed E-state index contributed by atoms with van der Waals surface area (Å²) in [6.45, 7) is 2.11. The molecule has 0 atom stereocenters. The largest absolute Gasteiger partial charge is 0.465 e. The van der Waals surface area contributed by atoms with Crippen LogP contribution in [0.2, 0.25) is 0 Å². The second-order valence-electron chi connectivity index (χ2n) is 4.43. The van der Waals surface area contributed by atoms with Crippen molar-refractivity contribution in [1.29, 1.82) is 5.26 Å². The smallest absolute Gasteiger partial charge is 0.339 e. The zero-order valence-electron chi connectivity index (χ0n) is 11.7. The van der Waals surface area contributed by atoms with Gasteiger partial charge in [0.15, 0.2) is 6.29 Å². The number of ether oxygens (including phenoxy) is 1. The van der Waals surface area contributed by atoms with E-state index in [-0.39, 0.29) is 11.1 Å². The first-order chi connectivity index (χ1) is 10.1. The van der Waals surface area contributed by atoms with Gasteiger partial charge >= 0.3 is 5.97 Å². The number of aldehydes is 1. The van der Waals surface area contributed by atoms with Gasteiger partial charge in [0.25, 0.3) is 0 Å². The lowest BCUT2D eigenvalue weighted by atomic mass is 10.0. The molecule has 0 aliphatic carbocycles. The van der Waals surface area contributed by atoms with Gasteiger partial charge in [-0.3, -0.25) is 9.48 Å². The first kappa shape index (κ1) is 14.5. The Labute approximate surface area is 121 Å². The Morgan fingerprint density at radius 3 is 2.86 bits per heavy atom. The quantitative estimate of drug-likeness (QED) is 0.630. The minimum absolute atomic E-state index is 0.220. The van der Waals surface area contributed by atoms with Gasteiger partial charge in [-0.1, -0.05) is 12.1 Å². The Balaban J connectivity index is 2.45. The fourth-order valence-corrected chi connectivity index (χ4v) is 2.06. The summed E-state index contributed by atoms with van der Waals surface area (Å²) in [7, 11) is 1.27. The van der Waals surface area contributed by atoms with Gasteiger partial charge in [-0.25, -0.2) is 4.79 Å². The van der Waals surface area contributed by atoms with Crippen LogP contribution >= 0.6 is 0 Å². The van der Waals surface area contributed by atoms with Crippen molar-refractivity contribution in [2.24, 2.45) is 0 Å². The lowest BCUT2D eigenvalue weighted by molar-refractivity contribution is 0.0600. The Morgan fingerprint density at radius 1 is 1.52 bits per heavy atom. The first-order valence-corrected chi connectivity index (χ1v) is 6.20. The maximum absolute atomic E-state index is 11.7. The summed E-state index contributed by atoms with van der Waals surface area (Å²) < 4.78 is 6.28. The molecule has 2 aromatic rings. The van der Waals surface area contributed by atoms with E-state index in [2.05, 4.69) is 9.84 Å². The minimum Gasteiger partial charge on any atom is -0.465 e. The molecule has 106 valence electrons. The summed E-state index contributed by atoms with van der Waals surface area (Å²) in [4.78, 5) is 22.4. The van der Waals surface area contributed by atoms with Crippen molar-refractivity contribution in [3.63, 3.8) is 0 Å². The molecule has 0 aliphatic rings. The summed E-state index contributed by atoms with van der Waals surface area (Å²) in [5.74, 6) is -0.556. The molecule has 0 spiro atoms. The Kier molecular flexibility index (Phi) is 4.14. The molecule has 0 saturated heterocycles. The Bertz CT molecular complexity index is 741. The summed E-state index contributed by atoms with van der Waals surface area (Å²) in [5, 5.41) is 13.4. The fraction of sp³-hybridized carbons (Fsp3) is 0.200. The number of nitriles is 1. The van der Waals surface area contributed by atoms with Crippen molar-refractivity contribution < 1.29 is 14.3 Å². The number of hydrogen-bond acceptors (Lipinski definition) is 5. The number of aryl methyl sites for hydroxylation is 1. The van der Waals surface area contributed by atoms with E-state index in [1.54, 1.807) is 28.9 Å². The standard InChI is InChI=1S/C15H13N3O3/c1-10-6-12(9-19)17-18(10)8-11-4-3-5-13(14(11)7-16)15(20)21-2/h3-6,9H,8H2,1-2H3. The summed E-state index contributed by atoms with van der Waals surface area (Å²) in [6, 6.07) is 8.65. The SMILES string of the molecule is COC(=O)c1cccc(Cn2nc(C=O)cc2C)c1C#N. The maximum atomic E-state index is 11.7. The molecular weight excluding hydrogens is 270 g/mol.